The number of hydrogen-bond acceptors (Lipinski definition) is 5. The molecular formula is C18H28N2O5S. The van der Waals surface area contributed by atoms with Crippen molar-refractivity contribution in [1.29, 1.82) is 0 Å². The molecule has 1 saturated heterocycles. The standard InChI is InChI=1S/C18H28N2O5S/c1-12(2)16(17(21)19-22)18(26(23)24)20-10-8-13(9-11-20)14-6-4-5-7-15(14)25-3/h4-7,12-13,16,18,22H,8-11H2,1-3H3,(H,19,21)(H,23,24). The minimum Gasteiger partial charge on any atom is -0.496 e. The third-order valence-corrected chi connectivity index (χ3v) is 6.12. The molecule has 0 saturated carbocycles. The van der Waals surface area contributed by atoms with Crippen molar-refractivity contribution in [3.8, 4) is 5.75 Å². The number of para-hydroxylation sites is 1. The van der Waals surface area contributed by atoms with E-state index in [9.17, 15) is 13.6 Å². The summed E-state index contributed by atoms with van der Waals surface area (Å²) in [6.07, 6.45) is 1.61. The van der Waals surface area contributed by atoms with Crippen molar-refractivity contribution >= 4 is 17.0 Å². The summed E-state index contributed by atoms with van der Waals surface area (Å²) < 4.78 is 27.3. The van der Waals surface area contributed by atoms with Crippen molar-refractivity contribution in [3.05, 3.63) is 29.8 Å². The van der Waals surface area contributed by atoms with Gasteiger partial charge in [-0.2, -0.15) is 0 Å². The molecule has 26 heavy (non-hydrogen) atoms. The second kappa shape index (κ2) is 9.45. The van der Waals surface area contributed by atoms with Gasteiger partial charge in [0, 0.05) is 0 Å². The van der Waals surface area contributed by atoms with Gasteiger partial charge in [-0.25, -0.2) is 9.69 Å². The molecule has 0 aliphatic carbocycles. The van der Waals surface area contributed by atoms with E-state index in [0.717, 1.165) is 24.2 Å². The Balaban J connectivity index is 2.15. The zero-order valence-corrected chi connectivity index (χ0v) is 16.2. The zero-order chi connectivity index (χ0) is 19.3. The Morgan fingerprint density at radius 2 is 1.92 bits per heavy atom. The Bertz CT molecular complexity index is 632. The molecular weight excluding hydrogens is 356 g/mol. The number of hydroxylamine groups is 1. The van der Waals surface area contributed by atoms with Gasteiger partial charge in [0.2, 0.25) is 5.91 Å². The maximum atomic E-state index is 12.1. The molecule has 2 rings (SSSR count). The number of nitrogens with one attached hydrogen (secondary N) is 1. The van der Waals surface area contributed by atoms with E-state index in [1.54, 1.807) is 26.4 Å². The van der Waals surface area contributed by atoms with E-state index in [1.807, 2.05) is 23.1 Å². The van der Waals surface area contributed by atoms with E-state index in [0.29, 0.717) is 19.0 Å². The SMILES string of the molecule is COc1ccccc1C1CCN(C(C(C(=O)NO)C(C)C)S(=O)O)CC1. The third-order valence-electron chi connectivity index (χ3n) is 5.11. The van der Waals surface area contributed by atoms with Crippen LogP contribution in [0.15, 0.2) is 24.3 Å². The van der Waals surface area contributed by atoms with Crippen molar-refractivity contribution in [1.82, 2.24) is 10.4 Å². The molecule has 8 heteroatoms. The first-order valence-corrected chi connectivity index (χ1v) is 9.98. The van der Waals surface area contributed by atoms with E-state index in [2.05, 4.69) is 6.07 Å². The second-order valence-electron chi connectivity index (χ2n) is 6.96. The van der Waals surface area contributed by atoms with Crippen LogP contribution in [0.2, 0.25) is 0 Å². The highest BCUT2D eigenvalue weighted by molar-refractivity contribution is 7.79. The summed E-state index contributed by atoms with van der Waals surface area (Å²) in [6.45, 7) is 4.81. The Kier molecular flexibility index (Phi) is 7.57. The van der Waals surface area contributed by atoms with Crippen molar-refractivity contribution in [2.24, 2.45) is 11.8 Å². The Morgan fingerprint density at radius 1 is 1.31 bits per heavy atom. The summed E-state index contributed by atoms with van der Waals surface area (Å²) in [7, 11) is 1.65. The van der Waals surface area contributed by atoms with Gasteiger partial charge >= 0.3 is 0 Å². The fourth-order valence-electron chi connectivity index (χ4n) is 3.78. The number of amides is 1. The number of methoxy groups -OCH3 is 1. The number of carbonyl (C=O) groups excluding carboxylic acids is 1. The number of carbonyl (C=O) groups is 1. The molecule has 3 unspecified atom stereocenters. The van der Waals surface area contributed by atoms with Gasteiger partial charge in [0.1, 0.15) is 11.1 Å². The molecule has 1 aliphatic rings. The van der Waals surface area contributed by atoms with Crippen LogP contribution >= 0.6 is 0 Å². The summed E-state index contributed by atoms with van der Waals surface area (Å²) in [5, 5.41) is 8.17. The fourth-order valence-corrected chi connectivity index (χ4v) is 4.94. The molecule has 1 fully saturated rings. The Morgan fingerprint density at radius 3 is 2.42 bits per heavy atom. The van der Waals surface area contributed by atoms with Gasteiger partial charge in [-0.05, 0) is 49.4 Å². The summed E-state index contributed by atoms with van der Waals surface area (Å²) in [5.74, 6) is -0.421. The van der Waals surface area contributed by atoms with Gasteiger partial charge in [-0.15, -0.1) is 0 Å². The first kappa shape index (κ1) is 20.8. The fraction of sp³-hybridized carbons (Fsp3) is 0.611. The van der Waals surface area contributed by atoms with Crippen LogP contribution in [0, 0.1) is 11.8 Å². The molecule has 146 valence electrons. The molecule has 0 aromatic heterocycles. The quantitative estimate of drug-likeness (QED) is 0.379. The van der Waals surface area contributed by atoms with Gasteiger partial charge in [-0.1, -0.05) is 32.0 Å². The Labute approximate surface area is 157 Å². The lowest BCUT2D eigenvalue weighted by Gasteiger charge is -2.39. The van der Waals surface area contributed by atoms with Gasteiger partial charge < -0.3 is 9.29 Å². The molecule has 1 amide bonds. The number of hydrogen-bond donors (Lipinski definition) is 3. The number of ether oxygens (including phenoxy) is 1. The number of benzene rings is 1. The highest BCUT2D eigenvalue weighted by Crippen LogP contribution is 2.36. The molecule has 3 N–H and O–H groups in total. The molecule has 0 radical (unpaired) electrons. The number of rotatable bonds is 7. The Hall–Kier alpha value is -1.48. The van der Waals surface area contributed by atoms with Crippen LogP contribution < -0.4 is 10.2 Å². The lowest BCUT2D eigenvalue weighted by molar-refractivity contribution is -0.136. The van der Waals surface area contributed by atoms with Crippen LogP contribution in [-0.4, -0.2) is 50.3 Å². The molecule has 1 aromatic rings. The smallest absolute Gasteiger partial charge is 0.249 e. The summed E-state index contributed by atoms with van der Waals surface area (Å²) in [5.41, 5.74) is 2.79. The average molecular weight is 384 g/mol. The highest BCUT2D eigenvalue weighted by Gasteiger charge is 2.40. The van der Waals surface area contributed by atoms with E-state index >= 15 is 0 Å². The lowest BCUT2D eigenvalue weighted by Crippen LogP contribution is -2.52. The van der Waals surface area contributed by atoms with E-state index < -0.39 is 28.3 Å². The predicted octanol–water partition coefficient (Wildman–Crippen LogP) is 2.20. The van der Waals surface area contributed by atoms with Gasteiger partial charge in [0.05, 0.1) is 13.0 Å². The van der Waals surface area contributed by atoms with E-state index in [-0.39, 0.29) is 5.92 Å². The van der Waals surface area contributed by atoms with Crippen molar-refractivity contribution in [3.63, 3.8) is 0 Å². The summed E-state index contributed by atoms with van der Waals surface area (Å²) >= 11 is -2.21. The van der Waals surface area contributed by atoms with Crippen LogP contribution in [0.25, 0.3) is 0 Å². The average Bonchev–Trinajstić information content (AvgIpc) is 2.65. The maximum Gasteiger partial charge on any atom is 0.249 e. The minimum atomic E-state index is -2.21. The monoisotopic (exact) mass is 384 g/mol. The topological polar surface area (TPSA) is 99.1 Å². The van der Waals surface area contributed by atoms with Gasteiger partial charge in [-0.3, -0.25) is 14.9 Å². The second-order valence-corrected chi connectivity index (χ2v) is 8.00. The van der Waals surface area contributed by atoms with Crippen LogP contribution in [0.3, 0.4) is 0 Å². The lowest BCUT2D eigenvalue weighted by atomic mass is 9.87. The first-order chi connectivity index (χ1) is 12.4. The van der Waals surface area contributed by atoms with Crippen molar-refractivity contribution in [2.75, 3.05) is 20.2 Å². The largest absolute Gasteiger partial charge is 0.496 e. The predicted molar refractivity (Wildman–Crippen MR) is 99.4 cm³/mol. The molecule has 0 spiro atoms. The van der Waals surface area contributed by atoms with Gasteiger partial charge in [0.25, 0.3) is 0 Å². The molecule has 1 aliphatic heterocycles. The van der Waals surface area contributed by atoms with E-state index in [4.69, 9.17) is 9.94 Å². The van der Waals surface area contributed by atoms with Crippen LogP contribution in [0.4, 0.5) is 0 Å². The van der Waals surface area contributed by atoms with Crippen LogP contribution in [-0.2, 0) is 15.9 Å². The number of likely N-dealkylation sites (tertiary alicyclic amines) is 1. The summed E-state index contributed by atoms with van der Waals surface area (Å²) in [4.78, 5) is 14.0. The van der Waals surface area contributed by atoms with Crippen LogP contribution in [0.1, 0.15) is 38.2 Å². The molecule has 7 nitrogen and oxygen atoms in total. The highest BCUT2D eigenvalue weighted by atomic mass is 32.2. The van der Waals surface area contributed by atoms with Gasteiger partial charge in [0.15, 0.2) is 11.1 Å². The van der Waals surface area contributed by atoms with Crippen molar-refractivity contribution < 1.29 is 23.5 Å². The van der Waals surface area contributed by atoms with Crippen LogP contribution in [0.5, 0.6) is 5.75 Å². The molecule has 1 heterocycles. The van der Waals surface area contributed by atoms with E-state index in [1.165, 1.54) is 0 Å². The zero-order valence-electron chi connectivity index (χ0n) is 15.4. The van der Waals surface area contributed by atoms with Crippen molar-refractivity contribution in [2.45, 2.75) is 38.0 Å². The maximum absolute atomic E-state index is 12.1. The first-order valence-electron chi connectivity index (χ1n) is 8.81. The molecule has 3 atom stereocenters. The molecule has 1 aromatic carbocycles. The normalized spacial score (nSPS) is 19.8. The third kappa shape index (κ3) is 4.62. The molecule has 0 bridgehead atoms. The number of piperidine rings is 1. The number of nitrogens with zero attached hydrogens (tertiary/aromatic N) is 1. The minimum absolute atomic E-state index is 0.185. The summed E-state index contributed by atoms with van der Waals surface area (Å²) in [6, 6.07) is 7.91.